The number of nitrogens with zero attached hydrogens (tertiary/aromatic N) is 1. The van der Waals surface area contributed by atoms with Gasteiger partial charge in [0.15, 0.2) is 0 Å². The molecule has 4 heteroatoms. The van der Waals surface area contributed by atoms with Crippen LogP contribution in [0.5, 0.6) is 0 Å². The van der Waals surface area contributed by atoms with E-state index in [4.69, 9.17) is 0 Å². The Hall–Kier alpha value is -0.610. The van der Waals surface area contributed by atoms with Gasteiger partial charge in [-0.2, -0.15) is 0 Å². The Kier molecular flexibility index (Phi) is 4.07. The molecule has 0 spiro atoms. The van der Waals surface area contributed by atoms with Crippen molar-refractivity contribution < 1.29 is 14.4 Å². The summed E-state index contributed by atoms with van der Waals surface area (Å²) in [6, 6.07) is 0. The van der Waals surface area contributed by atoms with E-state index in [2.05, 4.69) is 5.32 Å². The van der Waals surface area contributed by atoms with Crippen molar-refractivity contribution in [1.82, 2.24) is 5.32 Å². The lowest BCUT2D eigenvalue weighted by molar-refractivity contribution is -0.883. The molecule has 0 saturated carbocycles. The highest BCUT2D eigenvalue weighted by atomic mass is 16.4. The molecule has 0 aromatic heterocycles. The number of carboxylic acid groups (broad SMARTS) is 1. The number of likely N-dealkylation sites (N-methyl/N-ethyl adjacent to an activating group) is 2. The quantitative estimate of drug-likeness (QED) is 0.475. The molecule has 0 atom stereocenters. The van der Waals surface area contributed by atoms with Gasteiger partial charge >= 0.3 is 0 Å². The van der Waals surface area contributed by atoms with Gasteiger partial charge in [0.1, 0.15) is 6.54 Å². The second-order valence-corrected chi connectivity index (χ2v) is 3.29. The topological polar surface area (TPSA) is 52.2 Å². The van der Waals surface area contributed by atoms with Crippen LogP contribution in [0.2, 0.25) is 0 Å². The van der Waals surface area contributed by atoms with Crippen LogP contribution in [0.3, 0.4) is 0 Å². The molecule has 4 nitrogen and oxygen atoms in total. The van der Waals surface area contributed by atoms with Gasteiger partial charge in [-0.1, -0.05) is 0 Å². The molecule has 0 heterocycles. The Morgan fingerprint density at radius 2 is 2.09 bits per heavy atom. The number of rotatable bonds is 5. The number of nitrogens with one attached hydrogen (secondary N) is 1. The van der Waals surface area contributed by atoms with Gasteiger partial charge in [0.05, 0.1) is 26.6 Å². The van der Waals surface area contributed by atoms with E-state index in [1.54, 1.807) is 0 Å². The average molecular weight is 160 g/mol. The maximum absolute atomic E-state index is 10.2. The van der Waals surface area contributed by atoms with Crippen LogP contribution in [-0.4, -0.2) is 51.2 Å². The van der Waals surface area contributed by atoms with Gasteiger partial charge in [-0.05, 0) is 7.05 Å². The van der Waals surface area contributed by atoms with Crippen molar-refractivity contribution in [1.29, 1.82) is 0 Å². The lowest BCUT2D eigenvalue weighted by atomic mass is 10.4. The number of quaternary nitrogens is 1. The summed E-state index contributed by atoms with van der Waals surface area (Å²) in [4.78, 5) is 10.2. The summed E-state index contributed by atoms with van der Waals surface area (Å²) >= 11 is 0. The molecule has 0 amide bonds. The molecule has 66 valence electrons. The van der Waals surface area contributed by atoms with Crippen molar-refractivity contribution in [3.8, 4) is 0 Å². The van der Waals surface area contributed by atoms with Gasteiger partial charge in [-0.3, -0.25) is 0 Å². The molecule has 0 saturated heterocycles. The predicted octanol–water partition coefficient (Wildman–Crippen LogP) is -1.97. The molecule has 0 aliphatic carbocycles. The Morgan fingerprint density at radius 1 is 1.55 bits per heavy atom. The number of hydrogen-bond donors (Lipinski definition) is 1. The predicted molar refractivity (Wildman–Crippen MR) is 40.8 cm³/mol. The van der Waals surface area contributed by atoms with Crippen molar-refractivity contribution in [3.05, 3.63) is 0 Å². The fraction of sp³-hybridized carbons (Fsp3) is 0.857. The molecule has 0 fully saturated rings. The Morgan fingerprint density at radius 3 is 2.45 bits per heavy atom. The minimum absolute atomic E-state index is 0.0711. The average Bonchev–Trinajstić information content (AvgIpc) is 1.81. The first-order chi connectivity index (χ1) is 4.98. The normalized spacial score (nSPS) is 11.5. The van der Waals surface area contributed by atoms with E-state index >= 15 is 0 Å². The summed E-state index contributed by atoms with van der Waals surface area (Å²) in [5.41, 5.74) is 0. The van der Waals surface area contributed by atoms with Crippen LogP contribution in [0.1, 0.15) is 0 Å². The minimum Gasteiger partial charge on any atom is -0.544 e. The summed E-state index contributed by atoms with van der Waals surface area (Å²) in [6.07, 6.45) is 0. The zero-order chi connectivity index (χ0) is 8.91. The lowest BCUT2D eigenvalue weighted by Crippen LogP contribution is -2.50. The van der Waals surface area contributed by atoms with Gasteiger partial charge in [-0.25, -0.2) is 0 Å². The number of aliphatic carboxylic acids is 1. The van der Waals surface area contributed by atoms with E-state index in [1.807, 2.05) is 21.1 Å². The van der Waals surface area contributed by atoms with Crippen molar-refractivity contribution in [3.63, 3.8) is 0 Å². The summed E-state index contributed by atoms with van der Waals surface area (Å²) < 4.78 is 0.461. The zero-order valence-corrected chi connectivity index (χ0v) is 7.39. The van der Waals surface area contributed by atoms with Crippen molar-refractivity contribution >= 4 is 5.97 Å². The van der Waals surface area contributed by atoms with Crippen LogP contribution >= 0.6 is 0 Å². The summed E-state index contributed by atoms with van der Waals surface area (Å²) in [7, 11) is 5.58. The maximum Gasteiger partial charge on any atom is 0.119 e. The first kappa shape index (κ1) is 10.4. The molecule has 0 bridgehead atoms. The van der Waals surface area contributed by atoms with E-state index in [9.17, 15) is 9.90 Å². The number of carboxylic acids is 1. The molecule has 0 aliphatic rings. The first-order valence-corrected chi connectivity index (χ1v) is 3.64. The van der Waals surface area contributed by atoms with Gasteiger partial charge in [0.2, 0.25) is 0 Å². The van der Waals surface area contributed by atoms with E-state index in [1.165, 1.54) is 0 Å². The number of hydrogen-bond acceptors (Lipinski definition) is 3. The van der Waals surface area contributed by atoms with Crippen molar-refractivity contribution in [2.45, 2.75) is 0 Å². The van der Waals surface area contributed by atoms with E-state index in [0.717, 1.165) is 13.1 Å². The molecule has 11 heavy (non-hydrogen) atoms. The number of carbonyl (C=O) groups is 1. The summed E-state index contributed by atoms with van der Waals surface area (Å²) in [5.74, 6) is -0.994. The third-order valence-electron chi connectivity index (χ3n) is 1.52. The van der Waals surface area contributed by atoms with Crippen LogP contribution in [0.4, 0.5) is 0 Å². The van der Waals surface area contributed by atoms with Gasteiger partial charge < -0.3 is 19.7 Å². The van der Waals surface area contributed by atoms with Crippen molar-refractivity contribution in [2.75, 3.05) is 40.8 Å². The molecule has 0 aliphatic heterocycles. The monoisotopic (exact) mass is 160 g/mol. The summed E-state index contributed by atoms with van der Waals surface area (Å²) in [6.45, 7) is 1.69. The second-order valence-electron chi connectivity index (χ2n) is 3.29. The molecule has 0 unspecified atom stereocenters. The zero-order valence-electron chi connectivity index (χ0n) is 7.39. The molecule has 0 aromatic carbocycles. The van der Waals surface area contributed by atoms with Gasteiger partial charge in [0, 0.05) is 6.54 Å². The van der Waals surface area contributed by atoms with Crippen LogP contribution in [0.25, 0.3) is 0 Å². The Balaban J connectivity index is 3.70. The molecule has 1 N–H and O–H groups in total. The fourth-order valence-corrected chi connectivity index (χ4v) is 0.843. The first-order valence-electron chi connectivity index (χ1n) is 3.64. The molecule has 0 radical (unpaired) electrons. The van der Waals surface area contributed by atoms with E-state index in [0.29, 0.717) is 4.48 Å². The number of carbonyl (C=O) groups excluding carboxylic acids is 1. The standard InChI is InChI=1S/C7H16N2O2/c1-8-4-5-9(2,3)6-7(10)11/h8H,4-6H2,1-3H3. The molecular weight excluding hydrogens is 144 g/mol. The van der Waals surface area contributed by atoms with E-state index < -0.39 is 5.97 Å². The minimum atomic E-state index is -0.994. The van der Waals surface area contributed by atoms with Crippen LogP contribution < -0.4 is 10.4 Å². The highest BCUT2D eigenvalue weighted by molar-refractivity contribution is 5.65. The second kappa shape index (κ2) is 4.31. The van der Waals surface area contributed by atoms with Crippen LogP contribution in [-0.2, 0) is 4.79 Å². The van der Waals surface area contributed by atoms with Gasteiger partial charge in [0.25, 0.3) is 0 Å². The SMILES string of the molecule is CNCC[N+](C)(C)CC(=O)[O-]. The Labute approximate surface area is 67.4 Å². The maximum atomic E-state index is 10.2. The van der Waals surface area contributed by atoms with E-state index in [-0.39, 0.29) is 6.54 Å². The third kappa shape index (κ3) is 5.82. The highest BCUT2D eigenvalue weighted by Gasteiger charge is 2.13. The third-order valence-corrected chi connectivity index (χ3v) is 1.52. The lowest BCUT2D eigenvalue weighted by Gasteiger charge is -2.29. The fourth-order valence-electron chi connectivity index (χ4n) is 0.843. The molecule has 0 rings (SSSR count). The Bertz CT molecular complexity index is 134. The van der Waals surface area contributed by atoms with Crippen LogP contribution in [0.15, 0.2) is 0 Å². The van der Waals surface area contributed by atoms with Gasteiger partial charge in [-0.15, -0.1) is 0 Å². The highest BCUT2D eigenvalue weighted by Crippen LogP contribution is 1.92. The smallest absolute Gasteiger partial charge is 0.119 e. The molecule has 0 aromatic rings. The van der Waals surface area contributed by atoms with Crippen LogP contribution in [0, 0.1) is 0 Å². The molecular formula is C7H16N2O2. The largest absolute Gasteiger partial charge is 0.544 e. The summed E-state index contributed by atoms with van der Waals surface area (Å²) in [5, 5.41) is 13.2. The van der Waals surface area contributed by atoms with Crippen molar-refractivity contribution in [2.24, 2.45) is 0 Å².